The van der Waals surface area contributed by atoms with Crippen LogP contribution in [0.2, 0.25) is 0 Å². The van der Waals surface area contributed by atoms with Gasteiger partial charge in [-0.15, -0.1) is 0 Å². The Morgan fingerprint density at radius 2 is 0.538 bits per heavy atom. The van der Waals surface area contributed by atoms with Gasteiger partial charge in [-0.2, -0.15) is 0 Å². The van der Waals surface area contributed by atoms with Crippen molar-refractivity contribution in [3.8, 4) is 0 Å². The van der Waals surface area contributed by atoms with Gasteiger partial charge in [-0.05, 0) is 0 Å². The molecule has 0 aliphatic heterocycles. The topological polar surface area (TPSA) is 198 Å². The van der Waals surface area contributed by atoms with E-state index in [0.717, 1.165) is 0 Å². The van der Waals surface area contributed by atoms with Crippen LogP contribution in [0.15, 0.2) is 0 Å². The van der Waals surface area contributed by atoms with Gasteiger partial charge < -0.3 is 41.1 Å². The summed E-state index contributed by atoms with van der Waals surface area (Å²) in [4.78, 5) is 0. The molecule has 0 saturated heterocycles. The van der Waals surface area contributed by atoms with Crippen molar-refractivity contribution in [1.82, 2.24) is 0 Å². The van der Waals surface area contributed by atoms with Crippen LogP contribution in [0, 0.1) is 0 Å². The van der Waals surface area contributed by atoms with Gasteiger partial charge >= 0.3 is 72.5 Å². The average Bonchev–Trinajstić information content (AvgIpc) is 1.25. The van der Waals surface area contributed by atoms with E-state index in [1.807, 2.05) is 0 Å². The molecule has 8 nitrogen and oxygen atoms in total. The Bertz CT molecular complexity index is 35.6. The molecule has 0 amide bonds. The van der Waals surface area contributed by atoms with E-state index in [2.05, 4.69) is 0 Å². The van der Waals surface area contributed by atoms with Crippen LogP contribution in [-0.4, -0.2) is 98.1 Å². The van der Waals surface area contributed by atoms with E-state index in [0.29, 0.717) is 0 Å². The summed E-state index contributed by atoms with van der Waals surface area (Å²) in [5.74, 6) is 0. The predicted octanol–water partition coefficient (Wildman–Crippen LogP) is -9.39. The fourth-order valence-electron chi connectivity index (χ4n) is 0. The normalized spacial score (nSPS) is 4.15. The van der Waals surface area contributed by atoms with E-state index >= 15 is 0 Å². The zero-order valence-electron chi connectivity index (χ0n) is 6.36. The van der Waals surface area contributed by atoms with Crippen LogP contribution in [0.4, 0.5) is 0 Å². The summed E-state index contributed by atoms with van der Waals surface area (Å²) >= 11 is 0. The van der Waals surface area contributed by atoms with E-state index < -0.39 is 14.6 Å². The monoisotopic (exact) mass is 246 g/mol. The van der Waals surface area contributed by atoms with E-state index in [1.54, 1.807) is 0 Å². The van der Waals surface area contributed by atoms with Gasteiger partial charge in [-0.3, -0.25) is 14.6 Å². The van der Waals surface area contributed by atoms with Gasteiger partial charge in [-0.1, -0.05) is 0 Å². The SMILES string of the molecule is [Al+3].[Al+3].[Ca+2].[O-]B([O-])[O-].[O-]B([O-])[O-].[OH-].[OH-]. The van der Waals surface area contributed by atoms with Crippen molar-refractivity contribution in [3.63, 3.8) is 0 Å². The van der Waals surface area contributed by atoms with Gasteiger partial charge in [0, 0.05) is 0 Å². The van der Waals surface area contributed by atoms with Crippen LogP contribution in [-0.2, 0) is 0 Å². The smallest absolute Gasteiger partial charge is 0.907 e. The average molecular weight is 246 g/mol. The minimum absolute atomic E-state index is 0. The van der Waals surface area contributed by atoms with Gasteiger partial charge in [0.25, 0.3) is 0 Å². The maximum atomic E-state index is 8.42. The number of rotatable bonds is 0. The van der Waals surface area contributed by atoms with E-state index in [1.165, 1.54) is 0 Å². The van der Waals surface area contributed by atoms with Gasteiger partial charge in [0.15, 0.2) is 0 Å². The minimum Gasteiger partial charge on any atom is -0.907 e. The molecule has 0 rings (SSSR count). The molecule has 0 aromatic heterocycles. The molecule has 0 radical (unpaired) electrons. The van der Waals surface area contributed by atoms with Crippen molar-refractivity contribution >= 4 is 87.1 Å². The summed E-state index contributed by atoms with van der Waals surface area (Å²) in [6.07, 6.45) is 0. The largest absolute Gasteiger partial charge is 3.00 e. The zero-order chi connectivity index (χ0) is 7.15. The van der Waals surface area contributed by atoms with Crippen LogP contribution >= 0.6 is 0 Å². The molecule has 0 aliphatic rings. The Morgan fingerprint density at radius 3 is 0.538 bits per heavy atom. The first-order valence-electron chi connectivity index (χ1n) is 1.41. The fraction of sp³-hybridized carbons (Fsp3) is 0. The maximum absolute atomic E-state index is 8.42. The van der Waals surface area contributed by atoms with Crippen molar-refractivity contribution in [2.24, 2.45) is 0 Å². The third-order valence-electron chi connectivity index (χ3n) is 0. The Hall–Kier alpha value is 2.13. The standard InChI is InChI=1S/2Al.2BO3.Ca.2H2O/c;;2*2-1(3)4;;;/h;;;;;2*1H2/q2*+3;2*-3;+2;;/p-2. The first-order valence-corrected chi connectivity index (χ1v) is 1.41. The Labute approximate surface area is 127 Å². The molecule has 0 aromatic rings. The molecule has 0 fully saturated rings. The molecule has 0 aromatic carbocycles. The van der Waals surface area contributed by atoms with Crippen molar-refractivity contribution in [1.29, 1.82) is 0 Å². The number of hydrogen-bond acceptors (Lipinski definition) is 8. The molecular formula is H2Al2B2CaO8. The molecule has 0 saturated carbocycles. The van der Waals surface area contributed by atoms with Gasteiger partial charge in [-0.25, -0.2) is 0 Å². The Kier molecular flexibility index (Phi) is 130. The van der Waals surface area contributed by atoms with Crippen LogP contribution in [0.3, 0.4) is 0 Å². The molecule has 0 heterocycles. The van der Waals surface area contributed by atoms with Crippen molar-refractivity contribution in [2.45, 2.75) is 0 Å². The zero-order valence-corrected chi connectivity index (χ0v) is 10.9. The summed E-state index contributed by atoms with van der Waals surface area (Å²) < 4.78 is 0. The maximum Gasteiger partial charge on any atom is 3.00 e. The van der Waals surface area contributed by atoms with Crippen LogP contribution in [0.25, 0.3) is 0 Å². The van der Waals surface area contributed by atoms with Crippen molar-refractivity contribution in [2.75, 3.05) is 0 Å². The molecule has 64 valence electrons. The summed E-state index contributed by atoms with van der Waals surface area (Å²) in [5.41, 5.74) is 0. The Morgan fingerprint density at radius 1 is 0.538 bits per heavy atom. The summed E-state index contributed by atoms with van der Waals surface area (Å²) in [7, 11) is -5.83. The van der Waals surface area contributed by atoms with Gasteiger partial charge in [0.1, 0.15) is 0 Å². The molecule has 13 heteroatoms. The van der Waals surface area contributed by atoms with Crippen LogP contribution in [0.5, 0.6) is 0 Å². The Balaban J connectivity index is -0.00000000800. The molecule has 0 aliphatic carbocycles. The molecule has 13 heavy (non-hydrogen) atoms. The predicted molar refractivity (Wildman–Crippen MR) is 32.6 cm³/mol. The third kappa shape index (κ3) is 457. The van der Waals surface area contributed by atoms with Crippen molar-refractivity contribution in [3.05, 3.63) is 0 Å². The van der Waals surface area contributed by atoms with E-state index in [4.69, 9.17) is 30.1 Å². The second-order valence-electron chi connectivity index (χ2n) is 0.577. The first kappa shape index (κ1) is 45.7. The minimum atomic E-state index is -2.92. The molecule has 0 bridgehead atoms. The fourth-order valence-corrected chi connectivity index (χ4v) is 0. The second kappa shape index (κ2) is 36.9. The quantitative estimate of drug-likeness (QED) is 0.374. The van der Waals surface area contributed by atoms with Crippen molar-refractivity contribution < 1.29 is 41.1 Å². The van der Waals surface area contributed by atoms with Gasteiger partial charge in [0.05, 0.1) is 0 Å². The summed E-state index contributed by atoms with van der Waals surface area (Å²) in [6, 6.07) is 0. The molecule has 2 N–H and O–H groups in total. The number of hydrogen-bond donors (Lipinski definition) is 0. The first-order chi connectivity index (χ1) is 3.46. The van der Waals surface area contributed by atoms with Gasteiger partial charge in [0.2, 0.25) is 0 Å². The molecule has 0 atom stereocenters. The second-order valence-corrected chi connectivity index (χ2v) is 0.577. The van der Waals surface area contributed by atoms with Crippen LogP contribution in [0.1, 0.15) is 0 Å². The molecule has 0 unspecified atom stereocenters. The molecular weight excluding hydrogens is 244 g/mol. The van der Waals surface area contributed by atoms with E-state index in [9.17, 15) is 0 Å². The summed E-state index contributed by atoms with van der Waals surface area (Å²) in [6.45, 7) is 0. The van der Waals surface area contributed by atoms with Crippen LogP contribution < -0.4 is 30.1 Å². The summed E-state index contributed by atoms with van der Waals surface area (Å²) in [5, 5.41) is 50.5. The molecule has 0 spiro atoms. The van der Waals surface area contributed by atoms with E-state index in [-0.39, 0.29) is 83.4 Å². The third-order valence-corrected chi connectivity index (χ3v) is 0.